The lowest BCUT2D eigenvalue weighted by molar-refractivity contribution is -0.132. The van der Waals surface area contributed by atoms with Crippen molar-refractivity contribution in [1.82, 2.24) is 16.2 Å². The van der Waals surface area contributed by atoms with E-state index in [0.29, 0.717) is 10.6 Å². The SMILES string of the molecule is Cc1cccc(O[C@H](C)C(=O)NNC(=O)CNC(=O)c2cccs2)c1C. The van der Waals surface area contributed by atoms with E-state index in [0.717, 1.165) is 11.1 Å². The first-order valence-corrected chi connectivity index (χ1v) is 8.89. The lowest BCUT2D eigenvalue weighted by Gasteiger charge is -2.17. The van der Waals surface area contributed by atoms with E-state index < -0.39 is 17.9 Å². The smallest absolute Gasteiger partial charge is 0.279 e. The Morgan fingerprint density at radius 2 is 1.88 bits per heavy atom. The molecule has 8 heteroatoms. The molecule has 26 heavy (non-hydrogen) atoms. The average molecular weight is 375 g/mol. The zero-order valence-electron chi connectivity index (χ0n) is 14.8. The van der Waals surface area contributed by atoms with Gasteiger partial charge in [-0.25, -0.2) is 0 Å². The Balaban J connectivity index is 1.75. The van der Waals surface area contributed by atoms with Gasteiger partial charge in [0.15, 0.2) is 6.10 Å². The molecule has 7 nitrogen and oxygen atoms in total. The summed E-state index contributed by atoms with van der Waals surface area (Å²) in [4.78, 5) is 36.0. The van der Waals surface area contributed by atoms with Crippen LogP contribution in [0.15, 0.2) is 35.7 Å². The molecule has 0 aliphatic heterocycles. The molecule has 1 atom stereocenters. The maximum Gasteiger partial charge on any atom is 0.279 e. The van der Waals surface area contributed by atoms with Crippen LogP contribution in [0.3, 0.4) is 0 Å². The zero-order chi connectivity index (χ0) is 19.1. The van der Waals surface area contributed by atoms with Crippen molar-refractivity contribution < 1.29 is 19.1 Å². The predicted octanol–water partition coefficient (Wildman–Crippen LogP) is 1.71. The molecule has 1 aromatic heterocycles. The number of benzene rings is 1. The van der Waals surface area contributed by atoms with Crippen LogP contribution in [0.4, 0.5) is 0 Å². The number of hydrogen-bond donors (Lipinski definition) is 3. The van der Waals surface area contributed by atoms with Gasteiger partial charge in [0.2, 0.25) is 0 Å². The molecule has 0 radical (unpaired) electrons. The van der Waals surface area contributed by atoms with E-state index in [1.54, 1.807) is 30.5 Å². The van der Waals surface area contributed by atoms with E-state index in [1.165, 1.54) is 11.3 Å². The number of aryl methyl sites for hydroxylation is 1. The molecule has 1 aromatic carbocycles. The second-order valence-corrected chi connectivity index (χ2v) is 6.60. The summed E-state index contributed by atoms with van der Waals surface area (Å²) >= 11 is 1.28. The van der Waals surface area contributed by atoms with Crippen molar-refractivity contribution in [3.05, 3.63) is 51.7 Å². The second-order valence-electron chi connectivity index (χ2n) is 5.66. The molecule has 0 unspecified atom stereocenters. The summed E-state index contributed by atoms with van der Waals surface area (Å²) < 4.78 is 5.64. The largest absolute Gasteiger partial charge is 0.481 e. The Bertz CT molecular complexity index is 790. The number of carbonyl (C=O) groups is 3. The topological polar surface area (TPSA) is 96.5 Å². The van der Waals surface area contributed by atoms with Gasteiger partial charge in [-0.3, -0.25) is 25.2 Å². The predicted molar refractivity (Wildman–Crippen MR) is 98.9 cm³/mol. The number of nitrogens with one attached hydrogen (secondary N) is 3. The van der Waals surface area contributed by atoms with E-state index >= 15 is 0 Å². The molecule has 0 saturated heterocycles. The van der Waals surface area contributed by atoms with E-state index in [2.05, 4.69) is 16.2 Å². The first kappa shape index (κ1) is 19.5. The van der Waals surface area contributed by atoms with Gasteiger partial charge in [0, 0.05) is 0 Å². The number of hydrazine groups is 1. The second kappa shape index (κ2) is 9.00. The summed E-state index contributed by atoms with van der Waals surface area (Å²) in [7, 11) is 0. The lowest BCUT2D eigenvalue weighted by atomic mass is 10.1. The van der Waals surface area contributed by atoms with Crippen molar-refractivity contribution in [2.45, 2.75) is 26.9 Å². The molecular weight excluding hydrogens is 354 g/mol. The quantitative estimate of drug-likeness (QED) is 0.670. The molecular formula is C18H21N3O4S. The van der Waals surface area contributed by atoms with E-state index in [1.807, 2.05) is 26.0 Å². The summed E-state index contributed by atoms with van der Waals surface area (Å²) in [5.41, 5.74) is 6.54. The number of carbonyl (C=O) groups excluding carboxylic acids is 3. The highest BCUT2D eigenvalue weighted by molar-refractivity contribution is 7.12. The summed E-state index contributed by atoms with van der Waals surface area (Å²) in [6.07, 6.45) is -0.795. The fraction of sp³-hybridized carbons (Fsp3) is 0.278. The Morgan fingerprint density at radius 1 is 1.12 bits per heavy atom. The van der Waals surface area contributed by atoms with Crippen molar-refractivity contribution in [2.75, 3.05) is 6.54 Å². The van der Waals surface area contributed by atoms with Crippen molar-refractivity contribution in [1.29, 1.82) is 0 Å². The van der Waals surface area contributed by atoms with Crippen LogP contribution in [-0.2, 0) is 9.59 Å². The van der Waals surface area contributed by atoms with Gasteiger partial charge in [0.05, 0.1) is 11.4 Å². The van der Waals surface area contributed by atoms with Gasteiger partial charge in [0.25, 0.3) is 17.7 Å². The molecule has 0 aliphatic carbocycles. The standard InChI is InChI=1S/C18H21N3O4S/c1-11-6-4-7-14(12(11)2)25-13(3)17(23)21-20-16(22)10-19-18(24)15-8-5-9-26-15/h4-9,13H,10H2,1-3H3,(H,19,24)(H,20,22)(H,21,23)/t13-/m1/s1. The summed E-state index contributed by atoms with van der Waals surface area (Å²) in [5, 5.41) is 4.24. The van der Waals surface area contributed by atoms with Crippen LogP contribution >= 0.6 is 11.3 Å². The number of ether oxygens (including phenoxy) is 1. The van der Waals surface area contributed by atoms with Gasteiger partial charge < -0.3 is 10.1 Å². The van der Waals surface area contributed by atoms with Crippen LogP contribution in [0.1, 0.15) is 27.7 Å². The fourth-order valence-electron chi connectivity index (χ4n) is 2.03. The minimum absolute atomic E-state index is 0.247. The van der Waals surface area contributed by atoms with Gasteiger partial charge in [-0.1, -0.05) is 18.2 Å². The Labute approximate surface area is 155 Å². The molecule has 0 fully saturated rings. The van der Waals surface area contributed by atoms with Crippen LogP contribution in [0, 0.1) is 13.8 Å². The first-order valence-electron chi connectivity index (χ1n) is 8.01. The van der Waals surface area contributed by atoms with E-state index in [4.69, 9.17) is 4.74 Å². The Morgan fingerprint density at radius 3 is 2.58 bits per heavy atom. The maximum absolute atomic E-state index is 12.0. The number of hydrogen-bond acceptors (Lipinski definition) is 5. The number of amides is 3. The summed E-state index contributed by atoms with van der Waals surface area (Å²) in [6.45, 7) is 5.20. The lowest BCUT2D eigenvalue weighted by Crippen LogP contribution is -2.50. The van der Waals surface area contributed by atoms with Crippen LogP contribution < -0.4 is 20.9 Å². The number of rotatable bonds is 6. The molecule has 2 rings (SSSR count). The van der Waals surface area contributed by atoms with Gasteiger partial charge >= 0.3 is 0 Å². The summed E-state index contributed by atoms with van der Waals surface area (Å²) in [6, 6.07) is 8.99. The van der Waals surface area contributed by atoms with Gasteiger partial charge in [-0.15, -0.1) is 11.3 Å². The van der Waals surface area contributed by atoms with Crippen molar-refractivity contribution in [3.8, 4) is 5.75 Å². The third-order valence-corrected chi connectivity index (χ3v) is 4.58. The molecule has 3 amide bonds. The minimum Gasteiger partial charge on any atom is -0.481 e. The van der Waals surface area contributed by atoms with Gasteiger partial charge in [-0.05, 0) is 49.4 Å². The monoisotopic (exact) mass is 375 g/mol. The third kappa shape index (κ3) is 5.32. The zero-order valence-corrected chi connectivity index (χ0v) is 15.6. The molecule has 2 aromatic rings. The fourth-order valence-corrected chi connectivity index (χ4v) is 2.67. The molecule has 0 saturated carbocycles. The normalized spacial score (nSPS) is 11.3. The molecule has 1 heterocycles. The average Bonchev–Trinajstić information content (AvgIpc) is 3.16. The summed E-state index contributed by atoms with van der Waals surface area (Å²) in [5.74, 6) is -0.763. The van der Waals surface area contributed by atoms with E-state index in [-0.39, 0.29) is 12.5 Å². The molecule has 0 aliphatic rings. The van der Waals surface area contributed by atoms with Crippen LogP contribution in [0.2, 0.25) is 0 Å². The maximum atomic E-state index is 12.0. The van der Waals surface area contributed by atoms with Crippen LogP contribution in [-0.4, -0.2) is 30.4 Å². The van der Waals surface area contributed by atoms with E-state index in [9.17, 15) is 14.4 Å². The van der Waals surface area contributed by atoms with Gasteiger partial charge in [-0.2, -0.15) is 0 Å². The Kier molecular flexibility index (Phi) is 6.74. The minimum atomic E-state index is -0.795. The van der Waals surface area contributed by atoms with Crippen LogP contribution in [0.5, 0.6) is 5.75 Å². The highest BCUT2D eigenvalue weighted by Gasteiger charge is 2.17. The van der Waals surface area contributed by atoms with Crippen LogP contribution in [0.25, 0.3) is 0 Å². The van der Waals surface area contributed by atoms with Crippen molar-refractivity contribution >= 4 is 29.1 Å². The molecule has 3 N–H and O–H groups in total. The molecule has 0 bridgehead atoms. The molecule has 0 spiro atoms. The molecule has 138 valence electrons. The Hall–Kier alpha value is -2.87. The highest BCUT2D eigenvalue weighted by Crippen LogP contribution is 2.21. The third-order valence-electron chi connectivity index (χ3n) is 3.71. The van der Waals surface area contributed by atoms with Crippen molar-refractivity contribution in [3.63, 3.8) is 0 Å². The van der Waals surface area contributed by atoms with Crippen molar-refractivity contribution in [2.24, 2.45) is 0 Å². The number of thiophene rings is 1. The highest BCUT2D eigenvalue weighted by atomic mass is 32.1. The van der Waals surface area contributed by atoms with Gasteiger partial charge in [0.1, 0.15) is 5.75 Å². The first-order chi connectivity index (χ1) is 12.4.